The second-order valence-electron chi connectivity index (χ2n) is 6.04. The van der Waals surface area contributed by atoms with Crippen LogP contribution in [0.2, 0.25) is 5.02 Å². The number of halogens is 1. The van der Waals surface area contributed by atoms with Crippen molar-refractivity contribution in [1.29, 1.82) is 0 Å². The molecular weight excluding hydrogens is 346 g/mol. The first-order valence-corrected chi connectivity index (χ1v) is 9.17. The van der Waals surface area contributed by atoms with Gasteiger partial charge in [0.1, 0.15) is 0 Å². The molecule has 3 aromatic rings. The van der Waals surface area contributed by atoms with E-state index in [0.29, 0.717) is 23.0 Å². The Hall–Kier alpha value is -2.59. The average Bonchev–Trinajstić information content (AvgIpc) is 2.67. The monoisotopic (exact) mass is 367 g/mol. The zero-order valence-electron chi connectivity index (χ0n) is 15.0. The molecule has 0 N–H and O–H groups in total. The zero-order chi connectivity index (χ0) is 18.5. The Bertz CT molecular complexity index is 916. The lowest BCUT2D eigenvalue weighted by atomic mass is 10.1. The molecule has 0 radical (unpaired) electrons. The van der Waals surface area contributed by atoms with E-state index in [1.807, 2.05) is 54.6 Å². The molecule has 1 aromatic heterocycles. The van der Waals surface area contributed by atoms with Gasteiger partial charge >= 0.3 is 0 Å². The molecule has 0 spiro atoms. The fourth-order valence-corrected chi connectivity index (χ4v) is 3.09. The lowest BCUT2D eigenvalue weighted by Gasteiger charge is -2.24. The molecule has 1 heterocycles. The van der Waals surface area contributed by atoms with E-state index in [2.05, 4.69) is 23.7 Å². The molecule has 2 aromatic carbocycles. The molecule has 5 heteroatoms. The van der Waals surface area contributed by atoms with Gasteiger partial charge < -0.3 is 4.90 Å². The summed E-state index contributed by atoms with van der Waals surface area (Å²) < 4.78 is 1.71. The molecule has 3 rings (SSSR count). The Morgan fingerprint density at radius 1 is 1.00 bits per heavy atom. The third-order valence-corrected chi connectivity index (χ3v) is 4.63. The molecule has 0 aliphatic heterocycles. The van der Waals surface area contributed by atoms with Crippen LogP contribution in [0.4, 0.5) is 5.95 Å². The van der Waals surface area contributed by atoms with Crippen LogP contribution in [0.5, 0.6) is 0 Å². The van der Waals surface area contributed by atoms with Gasteiger partial charge in [-0.15, -0.1) is 0 Å². The average molecular weight is 368 g/mol. The molecule has 4 nitrogen and oxygen atoms in total. The standard InChI is InChI=1S/C21H22ClN3O/c1-3-24(4-2)21-23-15-17(14-16-10-12-18(22)13-11-16)20(26)25(21)19-8-6-5-7-9-19/h5-13,15H,3-4,14H2,1-2H3. The van der Waals surface area contributed by atoms with Crippen molar-refractivity contribution >= 4 is 17.5 Å². The lowest BCUT2D eigenvalue weighted by molar-refractivity contribution is 0.770. The van der Waals surface area contributed by atoms with Crippen LogP contribution in [0.15, 0.2) is 65.6 Å². The molecule has 0 amide bonds. The number of nitrogens with zero attached hydrogens (tertiary/aromatic N) is 3. The van der Waals surface area contributed by atoms with Crippen molar-refractivity contribution < 1.29 is 0 Å². The van der Waals surface area contributed by atoms with Crippen molar-refractivity contribution in [1.82, 2.24) is 9.55 Å². The number of rotatable bonds is 6. The summed E-state index contributed by atoms with van der Waals surface area (Å²) in [5.74, 6) is 0.672. The summed E-state index contributed by atoms with van der Waals surface area (Å²) in [5.41, 5.74) is 2.48. The van der Waals surface area contributed by atoms with Crippen LogP contribution in [0.25, 0.3) is 5.69 Å². The Morgan fingerprint density at radius 2 is 1.65 bits per heavy atom. The van der Waals surface area contributed by atoms with Crippen LogP contribution in [-0.2, 0) is 6.42 Å². The number of hydrogen-bond acceptors (Lipinski definition) is 3. The SMILES string of the molecule is CCN(CC)c1ncc(Cc2ccc(Cl)cc2)c(=O)n1-c1ccccc1. The van der Waals surface area contributed by atoms with Crippen molar-refractivity contribution in [3.8, 4) is 5.69 Å². The van der Waals surface area contributed by atoms with Gasteiger partial charge in [0, 0.05) is 36.3 Å². The minimum Gasteiger partial charge on any atom is -0.342 e. The van der Waals surface area contributed by atoms with Crippen LogP contribution in [0.1, 0.15) is 25.0 Å². The lowest BCUT2D eigenvalue weighted by Crippen LogP contribution is -2.33. The van der Waals surface area contributed by atoms with Crippen LogP contribution in [0, 0.1) is 0 Å². The predicted octanol–water partition coefficient (Wildman–Crippen LogP) is 4.32. The van der Waals surface area contributed by atoms with Gasteiger partial charge in [-0.1, -0.05) is 41.9 Å². The number of aromatic nitrogens is 2. The molecular formula is C21H22ClN3O. The molecule has 134 valence electrons. The van der Waals surface area contributed by atoms with E-state index < -0.39 is 0 Å². The number of para-hydroxylation sites is 1. The summed E-state index contributed by atoms with van der Waals surface area (Å²) in [6.45, 7) is 5.69. The predicted molar refractivity (Wildman–Crippen MR) is 108 cm³/mol. The van der Waals surface area contributed by atoms with E-state index in [1.165, 1.54) is 0 Å². The maximum absolute atomic E-state index is 13.3. The number of anilines is 1. The fraction of sp³-hybridized carbons (Fsp3) is 0.238. The van der Waals surface area contributed by atoms with Crippen LogP contribution >= 0.6 is 11.6 Å². The quantitative estimate of drug-likeness (QED) is 0.651. The minimum absolute atomic E-state index is 0.0388. The van der Waals surface area contributed by atoms with Crippen molar-refractivity contribution in [2.24, 2.45) is 0 Å². The van der Waals surface area contributed by atoms with Gasteiger partial charge in [-0.3, -0.25) is 4.79 Å². The third kappa shape index (κ3) is 3.81. The molecule has 26 heavy (non-hydrogen) atoms. The molecule has 0 saturated carbocycles. The van der Waals surface area contributed by atoms with E-state index in [1.54, 1.807) is 10.8 Å². The van der Waals surface area contributed by atoms with Crippen molar-refractivity contribution in [2.75, 3.05) is 18.0 Å². The van der Waals surface area contributed by atoms with E-state index >= 15 is 0 Å². The molecule has 0 saturated heterocycles. The van der Waals surface area contributed by atoms with Crippen LogP contribution in [-0.4, -0.2) is 22.6 Å². The summed E-state index contributed by atoms with van der Waals surface area (Å²) in [5, 5.41) is 0.686. The van der Waals surface area contributed by atoms with Gasteiger partial charge in [0.2, 0.25) is 5.95 Å². The molecule has 0 aliphatic rings. The largest absolute Gasteiger partial charge is 0.342 e. The number of hydrogen-bond donors (Lipinski definition) is 0. The summed E-state index contributed by atoms with van der Waals surface area (Å²) in [7, 11) is 0. The minimum atomic E-state index is -0.0388. The summed E-state index contributed by atoms with van der Waals surface area (Å²) in [6, 6.07) is 17.2. The molecule has 0 unspecified atom stereocenters. The van der Waals surface area contributed by atoms with Gasteiger partial charge in [0.25, 0.3) is 5.56 Å². The molecule has 0 bridgehead atoms. The number of benzene rings is 2. The summed E-state index contributed by atoms with van der Waals surface area (Å²) in [6.07, 6.45) is 2.22. The van der Waals surface area contributed by atoms with E-state index in [9.17, 15) is 4.79 Å². The van der Waals surface area contributed by atoms with Gasteiger partial charge in [-0.25, -0.2) is 9.55 Å². The highest BCUT2D eigenvalue weighted by atomic mass is 35.5. The van der Waals surface area contributed by atoms with Gasteiger partial charge in [0.15, 0.2) is 0 Å². The molecule has 0 fully saturated rings. The fourth-order valence-electron chi connectivity index (χ4n) is 2.97. The van der Waals surface area contributed by atoms with Crippen LogP contribution < -0.4 is 10.5 Å². The Kier molecular flexibility index (Phi) is 5.74. The first kappa shape index (κ1) is 18.2. The highest BCUT2D eigenvalue weighted by molar-refractivity contribution is 6.30. The second kappa shape index (κ2) is 8.19. The maximum Gasteiger partial charge on any atom is 0.263 e. The topological polar surface area (TPSA) is 38.1 Å². The first-order valence-electron chi connectivity index (χ1n) is 8.79. The highest BCUT2D eigenvalue weighted by Gasteiger charge is 2.16. The van der Waals surface area contributed by atoms with Crippen molar-refractivity contribution in [2.45, 2.75) is 20.3 Å². The van der Waals surface area contributed by atoms with E-state index in [0.717, 1.165) is 24.3 Å². The van der Waals surface area contributed by atoms with Gasteiger partial charge in [0.05, 0.1) is 5.69 Å². The second-order valence-corrected chi connectivity index (χ2v) is 6.47. The molecule has 0 aliphatic carbocycles. The molecule has 0 atom stereocenters. The van der Waals surface area contributed by atoms with Crippen molar-refractivity contribution in [3.63, 3.8) is 0 Å². The Morgan fingerprint density at radius 3 is 2.27 bits per heavy atom. The van der Waals surface area contributed by atoms with Gasteiger partial charge in [-0.2, -0.15) is 0 Å². The third-order valence-electron chi connectivity index (χ3n) is 4.38. The summed E-state index contributed by atoms with van der Waals surface area (Å²) >= 11 is 5.96. The Balaban J connectivity index is 2.11. The smallest absolute Gasteiger partial charge is 0.263 e. The van der Waals surface area contributed by atoms with E-state index in [-0.39, 0.29) is 5.56 Å². The highest BCUT2D eigenvalue weighted by Crippen LogP contribution is 2.17. The van der Waals surface area contributed by atoms with Crippen molar-refractivity contribution in [3.05, 3.63) is 87.3 Å². The first-order chi connectivity index (χ1) is 12.6. The van der Waals surface area contributed by atoms with Crippen LogP contribution in [0.3, 0.4) is 0 Å². The zero-order valence-corrected chi connectivity index (χ0v) is 15.8. The Labute approximate surface area is 158 Å². The maximum atomic E-state index is 13.3. The van der Waals surface area contributed by atoms with E-state index in [4.69, 9.17) is 11.6 Å². The normalized spacial score (nSPS) is 10.7. The summed E-state index contributed by atoms with van der Waals surface area (Å²) in [4.78, 5) is 20.0. The van der Waals surface area contributed by atoms with Gasteiger partial charge in [-0.05, 0) is 43.7 Å².